The van der Waals surface area contributed by atoms with Crippen LogP contribution in [0, 0.1) is 0 Å². The molecule has 0 radical (unpaired) electrons. The largest absolute Gasteiger partial charge is 0.371 e. The Bertz CT molecular complexity index is 738. The third-order valence-corrected chi connectivity index (χ3v) is 4.80. The predicted octanol–water partition coefficient (Wildman–Crippen LogP) is 2.93. The Kier molecular flexibility index (Phi) is 3.54. The van der Waals surface area contributed by atoms with E-state index in [1.807, 2.05) is 30.3 Å². The van der Waals surface area contributed by atoms with Gasteiger partial charge in [0, 0.05) is 29.9 Å². The van der Waals surface area contributed by atoms with E-state index in [-0.39, 0.29) is 5.91 Å². The van der Waals surface area contributed by atoms with E-state index in [2.05, 4.69) is 17.0 Å². The monoisotopic (exact) mass is 308 g/mol. The number of aliphatic hydroxyl groups is 1. The summed E-state index contributed by atoms with van der Waals surface area (Å²) in [6, 6.07) is 15.5. The molecule has 118 valence electrons. The lowest BCUT2D eigenvalue weighted by Gasteiger charge is -2.26. The zero-order chi connectivity index (χ0) is 15.8. The number of para-hydroxylation sites is 1. The highest BCUT2D eigenvalue weighted by molar-refractivity contribution is 5.98. The molecule has 0 spiro atoms. The number of fused-ring (bicyclic) bond motifs is 1. The molecule has 2 aromatic rings. The van der Waals surface area contributed by atoms with Crippen molar-refractivity contribution in [3.05, 3.63) is 65.2 Å². The van der Waals surface area contributed by atoms with Gasteiger partial charge in [-0.15, -0.1) is 0 Å². The zero-order valence-corrected chi connectivity index (χ0v) is 13.0. The Morgan fingerprint density at radius 3 is 2.48 bits per heavy atom. The van der Waals surface area contributed by atoms with Gasteiger partial charge in [-0.1, -0.05) is 36.4 Å². The molecule has 1 saturated heterocycles. The summed E-state index contributed by atoms with van der Waals surface area (Å²) in [5.74, 6) is -0.0932. The number of nitrogens with zero attached hydrogens (tertiary/aromatic N) is 2. The summed E-state index contributed by atoms with van der Waals surface area (Å²) in [4.78, 5) is 16.5. The summed E-state index contributed by atoms with van der Waals surface area (Å²) >= 11 is 0. The fraction of sp³-hybridized carbons (Fsp3) is 0.316. The molecule has 0 saturated carbocycles. The van der Waals surface area contributed by atoms with Crippen LogP contribution in [0.2, 0.25) is 0 Å². The minimum atomic E-state index is -0.856. The van der Waals surface area contributed by atoms with E-state index in [9.17, 15) is 9.90 Å². The van der Waals surface area contributed by atoms with Gasteiger partial charge in [0.15, 0.2) is 6.23 Å². The Balaban J connectivity index is 1.63. The van der Waals surface area contributed by atoms with Crippen molar-refractivity contribution in [2.45, 2.75) is 25.6 Å². The van der Waals surface area contributed by atoms with Gasteiger partial charge in [0.05, 0.1) is 6.54 Å². The van der Waals surface area contributed by atoms with Crippen LogP contribution in [0.25, 0.3) is 0 Å². The number of carbonyl (C=O) groups excluding carboxylic acids is 1. The third kappa shape index (κ3) is 2.39. The van der Waals surface area contributed by atoms with Gasteiger partial charge in [0.25, 0.3) is 5.91 Å². The van der Waals surface area contributed by atoms with Crippen LogP contribution in [-0.2, 0) is 6.54 Å². The number of hydrogen-bond acceptors (Lipinski definition) is 3. The predicted molar refractivity (Wildman–Crippen MR) is 89.2 cm³/mol. The van der Waals surface area contributed by atoms with E-state index in [0.717, 1.165) is 18.7 Å². The summed E-state index contributed by atoms with van der Waals surface area (Å²) in [5.41, 5.74) is 3.59. The molecule has 4 rings (SSSR count). The molecule has 0 aromatic heterocycles. The molecule has 4 heteroatoms. The first-order valence-corrected chi connectivity index (χ1v) is 8.16. The van der Waals surface area contributed by atoms with Crippen molar-refractivity contribution >= 4 is 11.6 Å². The van der Waals surface area contributed by atoms with E-state index < -0.39 is 6.23 Å². The Labute approximate surface area is 136 Å². The normalized spacial score (nSPS) is 20.2. The van der Waals surface area contributed by atoms with Crippen LogP contribution in [0.5, 0.6) is 0 Å². The number of rotatable bonds is 3. The van der Waals surface area contributed by atoms with Crippen LogP contribution in [-0.4, -0.2) is 29.0 Å². The zero-order valence-electron chi connectivity index (χ0n) is 13.0. The van der Waals surface area contributed by atoms with Crippen molar-refractivity contribution < 1.29 is 9.90 Å². The van der Waals surface area contributed by atoms with Gasteiger partial charge in [-0.3, -0.25) is 4.79 Å². The highest BCUT2D eigenvalue weighted by Crippen LogP contribution is 2.34. The summed E-state index contributed by atoms with van der Waals surface area (Å²) < 4.78 is 0. The molecule has 2 heterocycles. The molecule has 1 amide bonds. The number of aliphatic hydroxyl groups excluding tert-OH is 1. The highest BCUT2D eigenvalue weighted by atomic mass is 16.3. The molecule has 1 atom stereocenters. The fourth-order valence-electron chi connectivity index (χ4n) is 3.60. The lowest BCUT2D eigenvalue weighted by Crippen LogP contribution is -2.29. The number of amides is 1. The fourth-order valence-corrected chi connectivity index (χ4v) is 3.60. The van der Waals surface area contributed by atoms with Crippen molar-refractivity contribution in [1.29, 1.82) is 0 Å². The Morgan fingerprint density at radius 2 is 1.70 bits per heavy atom. The van der Waals surface area contributed by atoms with Gasteiger partial charge in [0.2, 0.25) is 0 Å². The van der Waals surface area contributed by atoms with E-state index in [4.69, 9.17) is 0 Å². The second kappa shape index (κ2) is 5.70. The number of benzene rings is 2. The maximum absolute atomic E-state index is 12.6. The van der Waals surface area contributed by atoms with Gasteiger partial charge in [-0.25, -0.2) is 0 Å². The van der Waals surface area contributed by atoms with Gasteiger partial charge in [-0.2, -0.15) is 0 Å². The molecular weight excluding hydrogens is 288 g/mol. The molecule has 23 heavy (non-hydrogen) atoms. The van der Waals surface area contributed by atoms with E-state index in [1.165, 1.54) is 18.5 Å². The average molecular weight is 308 g/mol. The van der Waals surface area contributed by atoms with Crippen molar-refractivity contribution in [1.82, 2.24) is 4.90 Å². The first-order valence-electron chi connectivity index (χ1n) is 8.16. The van der Waals surface area contributed by atoms with Crippen LogP contribution < -0.4 is 4.90 Å². The van der Waals surface area contributed by atoms with Crippen LogP contribution in [0.15, 0.2) is 48.5 Å². The molecular formula is C19H20N2O2. The molecule has 1 N–H and O–H groups in total. The van der Waals surface area contributed by atoms with Crippen LogP contribution in [0.3, 0.4) is 0 Å². The van der Waals surface area contributed by atoms with Gasteiger partial charge >= 0.3 is 0 Å². The first-order chi connectivity index (χ1) is 11.3. The number of hydrogen-bond donors (Lipinski definition) is 1. The topological polar surface area (TPSA) is 43.8 Å². The molecule has 2 aromatic carbocycles. The van der Waals surface area contributed by atoms with Crippen LogP contribution in [0.4, 0.5) is 5.69 Å². The summed E-state index contributed by atoms with van der Waals surface area (Å²) in [6.45, 7) is 2.56. The Morgan fingerprint density at radius 1 is 1.00 bits per heavy atom. The molecule has 4 nitrogen and oxygen atoms in total. The maximum atomic E-state index is 12.6. The highest BCUT2D eigenvalue weighted by Gasteiger charge is 2.35. The number of anilines is 1. The quantitative estimate of drug-likeness (QED) is 0.948. The van der Waals surface area contributed by atoms with E-state index in [1.54, 1.807) is 11.0 Å². The lowest BCUT2D eigenvalue weighted by atomic mass is 10.1. The minimum Gasteiger partial charge on any atom is -0.371 e. The van der Waals surface area contributed by atoms with E-state index >= 15 is 0 Å². The maximum Gasteiger partial charge on any atom is 0.256 e. The van der Waals surface area contributed by atoms with Crippen molar-refractivity contribution in [3.8, 4) is 0 Å². The Hall–Kier alpha value is -2.33. The third-order valence-electron chi connectivity index (χ3n) is 4.80. The lowest BCUT2D eigenvalue weighted by molar-refractivity contribution is 0.0138. The van der Waals surface area contributed by atoms with Crippen LogP contribution >= 0.6 is 0 Å². The van der Waals surface area contributed by atoms with Crippen LogP contribution in [0.1, 0.15) is 40.6 Å². The SMILES string of the molecule is O=C1c2ccccc2C(O)N1Cc1ccccc1N1CCCC1. The van der Waals surface area contributed by atoms with E-state index in [0.29, 0.717) is 17.7 Å². The minimum absolute atomic E-state index is 0.0932. The average Bonchev–Trinajstić information content (AvgIpc) is 3.20. The molecule has 1 fully saturated rings. The van der Waals surface area contributed by atoms with Gasteiger partial charge in [0.1, 0.15) is 0 Å². The van der Waals surface area contributed by atoms with Gasteiger partial charge < -0.3 is 14.9 Å². The molecule has 1 unspecified atom stereocenters. The molecule has 2 aliphatic heterocycles. The standard InChI is InChI=1S/C19H20N2O2/c22-18-15-8-2-3-9-16(15)19(23)21(18)13-14-7-1-4-10-17(14)20-11-5-6-12-20/h1-4,7-10,18,22H,5-6,11-13H2. The smallest absolute Gasteiger partial charge is 0.256 e. The van der Waals surface area contributed by atoms with Crippen molar-refractivity contribution in [2.24, 2.45) is 0 Å². The summed E-state index contributed by atoms with van der Waals surface area (Å²) in [5, 5.41) is 10.5. The second-order valence-electron chi connectivity index (χ2n) is 6.22. The van der Waals surface area contributed by atoms with Crippen molar-refractivity contribution in [3.63, 3.8) is 0 Å². The summed E-state index contributed by atoms with van der Waals surface area (Å²) in [6.07, 6.45) is 1.57. The second-order valence-corrected chi connectivity index (χ2v) is 6.22. The molecule has 0 bridgehead atoms. The summed E-state index contributed by atoms with van der Waals surface area (Å²) in [7, 11) is 0. The van der Waals surface area contributed by atoms with Crippen molar-refractivity contribution in [2.75, 3.05) is 18.0 Å². The number of carbonyl (C=O) groups is 1. The first kappa shape index (κ1) is 14.3. The molecule has 0 aliphatic carbocycles. The molecule has 2 aliphatic rings. The van der Waals surface area contributed by atoms with Gasteiger partial charge in [-0.05, 0) is 30.5 Å².